The standard InChI is InChI=1S/C18H26O3/c1-2-5-14-6-8-15(9-7-14)16(19)12-18(13-17(20)21)10-3-4-11-18/h6-9,16,19H,2-5,10-13H2,1H3,(H,20,21). The number of aliphatic hydroxyl groups is 1. The van der Waals surface area contributed by atoms with Crippen molar-refractivity contribution in [3.8, 4) is 0 Å². The number of rotatable bonds is 7. The summed E-state index contributed by atoms with van der Waals surface area (Å²) in [5.41, 5.74) is 1.98. The van der Waals surface area contributed by atoms with Crippen LogP contribution in [0.3, 0.4) is 0 Å². The third-order valence-electron chi connectivity index (χ3n) is 4.72. The molecule has 1 aromatic carbocycles. The van der Waals surface area contributed by atoms with Crippen molar-refractivity contribution in [1.82, 2.24) is 0 Å². The van der Waals surface area contributed by atoms with Crippen LogP contribution in [0, 0.1) is 5.41 Å². The molecule has 0 heterocycles. The fourth-order valence-electron chi connectivity index (χ4n) is 3.62. The molecule has 2 N–H and O–H groups in total. The summed E-state index contributed by atoms with van der Waals surface area (Å²) in [6.07, 6.45) is 6.35. The first-order valence-corrected chi connectivity index (χ1v) is 8.03. The molecule has 3 heteroatoms. The van der Waals surface area contributed by atoms with Crippen molar-refractivity contribution in [1.29, 1.82) is 0 Å². The van der Waals surface area contributed by atoms with E-state index in [1.54, 1.807) is 0 Å². The Labute approximate surface area is 127 Å². The van der Waals surface area contributed by atoms with Gasteiger partial charge in [-0.15, -0.1) is 0 Å². The second-order valence-electron chi connectivity index (χ2n) is 6.49. The van der Waals surface area contributed by atoms with Crippen LogP contribution in [0.15, 0.2) is 24.3 Å². The summed E-state index contributed by atoms with van der Waals surface area (Å²) in [5, 5.41) is 19.6. The van der Waals surface area contributed by atoms with Crippen molar-refractivity contribution in [3.63, 3.8) is 0 Å². The number of aliphatic hydroxyl groups excluding tert-OH is 1. The quantitative estimate of drug-likeness (QED) is 0.795. The molecule has 0 spiro atoms. The minimum absolute atomic E-state index is 0.179. The van der Waals surface area contributed by atoms with E-state index in [9.17, 15) is 9.90 Å². The molecule has 1 aromatic rings. The maximum absolute atomic E-state index is 11.1. The molecule has 0 aromatic heterocycles. The van der Waals surface area contributed by atoms with Crippen molar-refractivity contribution in [2.75, 3.05) is 0 Å². The number of hydrogen-bond acceptors (Lipinski definition) is 2. The van der Waals surface area contributed by atoms with E-state index in [0.717, 1.165) is 44.1 Å². The Balaban J connectivity index is 2.04. The Hall–Kier alpha value is -1.35. The van der Waals surface area contributed by atoms with E-state index in [4.69, 9.17) is 5.11 Å². The van der Waals surface area contributed by atoms with E-state index in [-0.39, 0.29) is 11.8 Å². The van der Waals surface area contributed by atoms with Crippen LogP contribution in [0.1, 0.15) is 69.1 Å². The lowest BCUT2D eigenvalue weighted by molar-refractivity contribution is -0.140. The highest BCUT2D eigenvalue weighted by Crippen LogP contribution is 2.47. The first-order chi connectivity index (χ1) is 10.0. The number of aliphatic carboxylic acids is 1. The van der Waals surface area contributed by atoms with Gasteiger partial charge in [0.25, 0.3) is 0 Å². The van der Waals surface area contributed by atoms with Gasteiger partial charge in [-0.05, 0) is 42.2 Å². The Morgan fingerprint density at radius 2 is 1.86 bits per heavy atom. The van der Waals surface area contributed by atoms with E-state index >= 15 is 0 Å². The minimum atomic E-state index is -0.748. The van der Waals surface area contributed by atoms with Crippen LogP contribution in [0.4, 0.5) is 0 Å². The molecule has 3 nitrogen and oxygen atoms in total. The SMILES string of the molecule is CCCc1ccc(C(O)CC2(CC(=O)O)CCCC2)cc1. The number of carbonyl (C=O) groups is 1. The van der Waals surface area contributed by atoms with Gasteiger partial charge in [0.15, 0.2) is 0 Å². The van der Waals surface area contributed by atoms with E-state index in [1.165, 1.54) is 5.56 Å². The van der Waals surface area contributed by atoms with Crippen molar-refractivity contribution in [3.05, 3.63) is 35.4 Å². The second-order valence-corrected chi connectivity index (χ2v) is 6.49. The summed E-state index contributed by atoms with van der Waals surface area (Å²) in [4.78, 5) is 11.1. The second kappa shape index (κ2) is 7.08. The predicted molar refractivity (Wildman–Crippen MR) is 83.2 cm³/mol. The summed E-state index contributed by atoms with van der Waals surface area (Å²) in [6, 6.07) is 8.11. The molecule has 0 saturated heterocycles. The number of carboxylic acids is 1. The lowest BCUT2D eigenvalue weighted by Crippen LogP contribution is -2.23. The third-order valence-corrected chi connectivity index (χ3v) is 4.72. The summed E-state index contributed by atoms with van der Waals surface area (Å²) >= 11 is 0. The number of aryl methyl sites for hydroxylation is 1. The van der Waals surface area contributed by atoms with Crippen molar-refractivity contribution >= 4 is 5.97 Å². The maximum atomic E-state index is 11.1. The molecule has 116 valence electrons. The molecular weight excluding hydrogens is 264 g/mol. The van der Waals surface area contributed by atoms with Crippen LogP contribution in [-0.4, -0.2) is 16.2 Å². The molecule has 1 unspecified atom stereocenters. The molecule has 1 aliphatic carbocycles. The van der Waals surface area contributed by atoms with Gasteiger partial charge < -0.3 is 10.2 Å². The molecule has 1 atom stereocenters. The summed E-state index contributed by atoms with van der Waals surface area (Å²) in [6.45, 7) is 2.15. The van der Waals surface area contributed by atoms with Gasteiger partial charge in [0.05, 0.1) is 12.5 Å². The fraction of sp³-hybridized carbons (Fsp3) is 0.611. The summed E-state index contributed by atoms with van der Waals surface area (Å²) in [5.74, 6) is -0.748. The molecule has 0 bridgehead atoms. The number of carboxylic acid groups (broad SMARTS) is 1. The van der Waals surface area contributed by atoms with Crippen LogP contribution in [0.2, 0.25) is 0 Å². The molecule has 0 aliphatic heterocycles. The van der Waals surface area contributed by atoms with E-state index in [1.807, 2.05) is 12.1 Å². The van der Waals surface area contributed by atoms with E-state index in [0.29, 0.717) is 6.42 Å². The zero-order valence-corrected chi connectivity index (χ0v) is 12.8. The average molecular weight is 290 g/mol. The Kier molecular flexibility index (Phi) is 5.40. The van der Waals surface area contributed by atoms with Gasteiger partial charge in [0.1, 0.15) is 0 Å². The van der Waals surface area contributed by atoms with Crippen LogP contribution in [0.25, 0.3) is 0 Å². The first-order valence-electron chi connectivity index (χ1n) is 8.03. The average Bonchev–Trinajstić information content (AvgIpc) is 2.87. The van der Waals surface area contributed by atoms with Crippen molar-refractivity contribution in [2.24, 2.45) is 5.41 Å². The fourth-order valence-corrected chi connectivity index (χ4v) is 3.62. The Morgan fingerprint density at radius 3 is 2.38 bits per heavy atom. The van der Waals surface area contributed by atoms with Gasteiger partial charge in [-0.1, -0.05) is 50.5 Å². The molecule has 2 rings (SSSR count). The Bertz CT molecular complexity index is 458. The molecule has 1 fully saturated rings. The van der Waals surface area contributed by atoms with E-state index < -0.39 is 12.1 Å². The van der Waals surface area contributed by atoms with Gasteiger partial charge in [-0.25, -0.2) is 0 Å². The minimum Gasteiger partial charge on any atom is -0.481 e. The number of hydrogen-bond donors (Lipinski definition) is 2. The topological polar surface area (TPSA) is 57.5 Å². The van der Waals surface area contributed by atoms with Gasteiger partial charge in [0, 0.05) is 0 Å². The zero-order valence-electron chi connectivity index (χ0n) is 12.8. The highest BCUT2D eigenvalue weighted by Gasteiger charge is 2.37. The number of benzene rings is 1. The summed E-state index contributed by atoms with van der Waals surface area (Å²) in [7, 11) is 0. The summed E-state index contributed by atoms with van der Waals surface area (Å²) < 4.78 is 0. The van der Waals surface area contributed by atoms with Gasteiger partial charge >= 0.3 is 5.97 Å². The first kappa shape index (κ1) is 16.0. The normalized spacial score (nSPS) is 18.6. The highest BCUT2D eigenvalue weighted by atomic mass is 16.4. The lowest BCUT2D eigenvalue weighted by atomic mass is 9.76. The highest BCUT2D eigenvalue weighted by molar-refractivity contribution is 5.67. The van der Waals surface area contributed by atoms with Crippen LogP contribution in [0.5, 0.6) is 0 Å². The Morgan fingerprint density at radius 1 is 1.24 bits per heavy atom. The lowest BCUT2D eigenvalue weighted by Gasteiger charge is -2.30. The van der Waals surface area contributed by atoms with Gasteiger partial charge in [-0.2, -0.15) is 0 Å². The smallest absolute Gasteiger partial charge is 0.303 e. The van der Waals surface area contributed by atoms with Crippen LogP contribution in [-0.2, 0) is 11.2 Å². The van der Waals surface area contributed by atoms with Crippen LogP contribution < -0.4 is 0 Å². The third kappa shape index (κ3) is 4.31. The monoisotopic (exact) mass is 290 g/mol. The maximum Gasteiger partial charge on any atom is 0.303 e. The molecule has 1 saturated carbocycles. The zero-order chi connectivity index (χ0) is 15.3. The predicted octanol–water partition coefficient (Wildman–Crippen LogP) is 4.10. The van der Waals surface area contributed by atoms with Gasteiger partial charge in [-0.3, -0.25) is 4.79 Å². The molecule has 21 heavy (non-hydrogen) atoms. The molecule has 0 amide bonds. The molecule has 0 radical (unpaired) electrons. The van der Waals surface area contributed by atoms with Gasteiger partial charge in [0.2, 0.25) is 0 Å². The van der Waals surface area contributed by atoms with Crippen LogP contribution >= 0.6 is 0 Å². The largest absolute Gasteiger partial charge is 0.481 e. The van der Waals surface area contributed by atoms with Crippen molar-refractivity contribution < 1.29 is 15.0 Å². The molecular formula is C18H26O3. The van der Waals surface area contributed by atoms with Crippen molar-refractivity contribution in [2.45, 2.75) is 64.4 Å². The van der Waals surface area contributed by atoms with E-state index in [2.05, 4.69) is 19.1 Å². The molecule has 1 aliphatic rings.